The van der Waals surface area contributed by atoms with E-state index in [2.05, 4.69) is 25.9 Å². The predicted molar refractivity (Wildman–Crippen MR) is 105 cm³/mol. The van der Waals surface area contributed by atoms with Gasteiger partial charge >= 0.3 is 0 Å². The van der Waals surface area contributed by atoms with Gasteiger partial charge in [0.2, 0.25) is 0 Å². The molecule has 27 heavy (non-hydrogen) atoms. The Morgan fingerprint density at radius 2 is 2.11 bits per heavy atom. The maximum atomic E-state index is 15.5. The van der Waals surface area contributed by atoms with Crippen LogP contribution in [0.2, 0.25) is 0 Å². The summed E-state index contributed by atoms with van der Waals surface area (Å²) in [6.07, 6.45) is 3.61. The molecule has 0 amide bonds. The number of aromatic nitrogens is 2. The van der Waals surface area contributed by atoms with E-state index in [1.165, 1.54) is 0 Å². The summed E-state index contributed by atoms with van der Waals surface area (Å²) in [7, 11) is 1.85. The molecular formula is C20H26FN5O. The molecule has 1 atom stereocenters. The van der Waals surface area contributed by atoms with E-state index in [4.69, 9.17) is 4.74 Å². The molecule has 0 spiro atoms. The minimum absolute atomic E-state index is 0.147. The number of pyridine rings is 2. The fourth-order valence-corrected chi connectivity index (χ4v) is 3.95. The van der Waals surface area contributed by atoms with Gasteiger partial charge in [-0.2, -0.15) is 0 Å². The second-order valence-corrected chi connectivity index (χ2v) is 7.20. The van der Waals surface area contributed by atoms with Gasteiger partial charge in [0.15, 0.2) is 11.6 Å². The standard InChI is InChI=1S/C20H26FN5O/c1-12-10-14(22-2)11-16(24-12)26-20-18(21)17(13-4-3-7-23-8-5-13)19-15(25-20)6-9-27-19/h10-11,13,23H,3-9H2,1-2H3,(H2,22,24,25,26)/t13-/m1/s1. The highest BCUT2D eigenvalue weighted by atomic mass is 19.1. The van der Waals surface area contributed by atoms with Gasteiger partial charge in [0.05, 0.1) is 12.3 Å². The Labute approximate surface area is 158 Å². The van der Waals surface area contributed by atoms with Crippen molar-refractivity contribution in [1.29, 1.82) is 0 Å². The highest BCUT2D eigenvalue weighted by molar-refractivity contribution is 5.62. The molecule has 7 heteroatoms. The summed E-state index contributed by atoms with van der Waals surface area (Å²) in [5, 5.41) is 9.60. The van der Waals surface area contributed by atoms with Crippen LogP contribution in [-0.2, 0) is 6.42 Å². The van der Waals surface area contributed by atoms with Crippen molar-refractivity contribution >= 4 is 17.3 Å². The quantitative estimate of drug-likeness (QED) is 0.764. The largest absolute Gasteiger partial charge is 0.491 e. The average molecular weight is 371 g/mol. The van der Waals surface area contributed by atoms with E-state index in [1.54, 1.807) is 0 Å². The third kappa shape index (κ3) is 3.69. The molecule has 2 aliphatic heterocycles. The molecule has 1 saturated heterocycles. The zero-order chi connectivity index (χ0) is 18.8. The van der Waals surface area contributed by atoms with Crippen molar-refractivity contribution < 1.29 is 9.13 Å². The number of halogens is 1. The van der Waals surface area contributed by atoms with Crippen LogP contribution in [0.1, 0.15) is 42.1 Å². The zero-order valence-corrected chi connectivity index (χ0v) is 15.9. The summed E-state index contributed by atoms with van der Waals surface area (Å²) in [6.45, 7) is 4.36. The number of hydrogen-bond donors (Lipinski definition) is 3. The second-order valence-electron chi connectivity index (χ2n) is 7.20. The van der Waals surface area contributed by atoms with Crippen LogP contribution in [0.4, 0.5) is 21.7 Å². The molecule has 0 aliphatic carbocycles. The van der Waals surface area contributed by atoms with Gasteiger partial charge in [0.25, 0.3) is 0 Å². The molecule has 0 unspecified atom stereocenters. The first-order valence-corrected chi connectivity index (χ1v) is 9.65. The Kier molecular flexibility index (Phi) is 5.11. The van der Waals surface area contributed by atoms with Gasteiger partial charge in [0.1, 0.15) is 11.6 Å². The fourth-order valence-electron chi connectivity index (χ4n) is 3.95. The van der Waals surface area contributed by atoms with Crippen LogP contribution in [0.3, 0.4) is 0 Å². The van der Waals surface area contributed by atoms with E-state index in [9.17, 15) is 0 Å². The molecule has 2 aromatic rings. The van der Waals surface area contributed by atoms with Crippen LogP contribution >= 0.6 is 0 Å². The number of nitrogens with one attached hydrogen (secondary N) is 3. The lowest BCUT2D eigenvalue weighted by Gasteiger charge is -2.20. The summed E-state index contributed by atoms with van der Waals surface area (Å²) in [6, 6.07) is 3.79. The normalized spacial score (nSPS) is 19.1. The third-order valence-corrected chi connectivity index (χ3v) is 5.26. The van der Waals surface area contributed by atoms with Crippen LogP contribution in [0.15, 0.2) is 12.1 Å². The number of aryl methyl sites for hydroxylation is 1. The minimum atomic E-state index is -0.308. The molecule has 0 radical (unpaired) electrons. The first-order valence-electron chi connectivity index (χ1n) is 9.65. The van der Waals surface area contributed by atoms with Crippen molar-refractivity contribution in [2.45, 2.75) is 38.5 Å². The molecule has 2 aliphatic rings. The molecule has 2 aromatic heterocycles. The Bertz CT molecular complexity index is 834. The van der Waals surface area contributed by atoms with E-state index in [0.29, 0.717) is 30.2 Å². The first kappa shape index (κ1) is 18.0. The van der Waals surface area contributed by atoms with Crippen LogP contribution in [0.5, 0.6) is 5.75 Å². The highest BCUT2D eigenvalue weighted by Crippen LogP contribution is 2.41. The Morgan fingerprint density at radius 1 is 1.22 bits per heavy atom. The van der Waals surface area contributed by atoms with Gasteiger partial charge in [-0.25, -0.2) is 14.4 Å². The summed E-state index contributed by atoms with van der Waals surface area (Å²) in [5.41, 5.74) is 3.30. The Hall–Kier alpha value is -2.41. The van der Waals surface area contributed by atoms with Gasteiger partial charge in [-0.15, -0.1) is 0 Å². The number of anilines is 3. The summed E-state index contributed by atoms with van der Waals surface area (Å²) < 4.78 is 21.3. The highest BCUT2D eigenvalue weighted by Gasteiger charge is 2.30. The molecule has 4 rings (SSSR count). The molecular weight excluding hydrogens is 345 g/mol. The van der Waals surface area contributed by atoms with Crippen LogP contribution < -0.4 is 20.7 Å². The SMILES string of the molecule is CNc1cc(C)nc(Nc2nc3c(c([C@@H]4CCCNCC4)c2F)OCC3)c1. The number of hydrogen-bond acceptors (Lipinski definition) is 6. The van der Waals surface area contributed by atoms with Crippen LogP contribution in [0, 0.1) is 12.7 Å². The first-order chi connectivity index (χ1) is 13.2. The lowest BCUT2D eigenvalue weighted by Crippen LogP contribution is -2.14. The lowest BCUT2D eigenvalue weighted by molar-refractivity contribution is 0.346. The van der Waals surface area contributed by atoms with Gasteiger partial charge in [0, 0.05) is 36.5 Å². The molecule has 1 fully saturated rings. The topological polar surface area (TPSA) is 71.1 Å². The number of fused-ring (bicyclic) bond motifs is 1. The van der Waals surface area contributed by atoms with Crippen LogP contribution in [-0.4, -0.2) is 36.7 Å². The summed E-state index contributed by atoms with van der Waals surface area (Å²) in [4.78, 5) is 8.99. The molecule has 0 aromatic carbocycles. The lowest BCUT2D eigenvalue weighted by atomic mass is 9.90. The second kappa shape index (κ2) is 7.68. The van der Waals surface area contributed by atoms with E-state index in [-0.39, 0.29) is 17.6 Å². The van der Waals surface area contributed by atoms with Crippen molar-refractivity contribution in [3.63, 3.8) is 0 Å². The van der Waals surface area contributed by atoms with E-state index in [0.717, 1.165) is 49.4 Å². The summed E-state index contributed by atoms with van der Waals surface area (Å²) >= 11 is 0. The maximum absolute atomic E-state index is 15.5. The van der Waals surface area contributed by atoms with Crippen molar-refractivity contribution in [1.82, 2.24) is 15.3 Å². The van der Waals surface area contributed by atoms with E-state index >= 15 is 4.39 Å². The molecule has 4 heterocycles. The number of nitrogens with zero attached hydrogens (tertiary/aromatic N) is 2. The smallest absolute Gasteiger partial charge is 0.173 e. The Balaban J connectivity index is 1.73. The minimum Gasteiger partial charge on any atom is -0.491 e. The van der Waals surface area contributed by atoms with E-state index in [1.807, 2.05) is 26.1 Å². The zero-order valence-electron chi connectivity index (χ0n) is 15.9. The summed E-state index contributed by atoms with van der Waals surface area (Å²) in [5.74, 6) is 1.33. The van der Waals surface area contributed by atoms with Gasteiger partial charge in [-0.1, -0.05) is 0 Å². The number of ether oxygens (including phenoxy) is 1. The van der Waals surface area contributed by atoms with Crippen molar-refractivity contribution in [3.05, 3.63) is 34.9 Å². The van der Waals surface area contributed by atoms with Crippen molar-refractivity contribution in [3.8, 4) is 5.75 Å². The monoisotopic (exact) mass is 371 g/mol. The average Bonchev–Trinajstić information content (AvgIpc) is 2.95. The van der Waals surface area contributed by atoms with Gasteiger partial charge in [-0.3, -0.25) is 0 Å². The predicted octanol–water partition coefficient (Wildman–Crippen LogP) is 3.50. The number of rotatable bonds is 4. The molecule has 6 nitrogen and oxygen atoms in total. The fraction of sp³-hybridized carbons (Fsp3) is 0.500. The van der Waals surface area contributed by atoms with E-state index < -0.39 is 0 Å². The third-order valence-electron chi connectivity index (χ3n) is 5.26. The van der Waals surface area contributed by atoms with Gasteiger partial charge < -0.3 is 20.7 Å². The van der Waals surface area contributed by atoms with Crippen molar-refractivity contribution in [2.75, 3.05) is 37.4 Å². The molecule has 3 N–H and O–H groups in total. The van der Waals surface area contributed by atoms with Crippen molar-refractivity contribution in [2.24, 2.45) is 0 Å². The molecule has 144 valence electrons. The van der Waals surface area contributed by atoms with Crippen LogP contribution in [0.25, 0.3) is 0 Å². The van der Waals surface area contributed by atoms with Gasteiger partial charge in [-0.05, 0) is 51.3 Å². The maximum Gasteiger partial charge on any atom is 0.173 e. The molecule has 0 bridgehead atoms. The Morgan fingerprint density at radius 3 is 2.96 bits per heavy atom. The molecule has 0 saturated carbocycles.